The number of nitrogens with zero attached hydrogens (tertiary/aromatic N) is 1. The predicted molar refractivity (Wildman–Crippen MR) is 63.4 cm³/mol. The van der Waals surface area contributed by atoms with E-state index in [0.29, 0.717) is 6.42 Å². The van der Waals surface area contributed by atoms with Gasteiger partial charge < -0.3 is 0 Å². The van der Waals surface area contributed by atoms with Gasteiger partial charge in [0, 0.05) is 0 Å². The van der Waals surface area contributed by atoms with Gasteiger partial charge in [0.05, 0.1) is 11.5 Å². The minimum Gasteiger partial charge on any atom is -0.197 e. The smallest absolute Gasteiger partial charge is 0.0879 e. The maximum atomic E-state index is 9.43. The number of allylic oxidation sites excluding steroid dienone is 1. The largest absolute Gasteiger partial charge is 0.197 e. The number of benzene rings is 1. The Morgan fingerprint density at radius 1 is 1.40 bits per heavy atom. The van der Waals surface area contributed by atoms with Gasteiger partial charge in [0.25, 0.3) is 0 Å². The molecule has 1 aromatic rings. The lowest BCUT2D eigenvalue weighted by molar-refractivity contribution is 0.399. The zero-order valence-electron chi connectivity index (χ0n) is 9.40. The van der Waals surface area contributed by atoms with Gasteiger partial charge in [-0.2, -0.15) is 5.26 Å². The molecular weight excluding hydrogens is 182 g/mol. The summed E-state index contributed by atoms with van der Waals surface area (Å²) in [5.74, 6) is 0.280. The van der Waals surface area contributed by atoms with Crippen molar-refractivity contribution in [3.05, 3.63) is 48.6 Å². The third-order valence-corrected chi connectivity index (χ3v) is 2.94. The number of hydrogen-bond acceptors (Lipinski definition) is 1. The fraction of sp³-hybridized carbons (Fsp3) is 0.357. The van der Waals surface area contributed by atoms with E-state index in [1.807, 2.05) is 36.4 Å². The lowest BCUT2D eigenvalue weighted by atomic mass is 9.70. The molecule has 0 heterocycles. The van der Waals surface area contributed by atoms with Gasteiger partial charge in [-0.3, -0.25) is 0 Å². The van der Waals surface area contributed by atoms with Gasteiger partial charge in [-0.05, 0) is 17.9 Å². The first-order valence-corrected chi connectivity index (χ1v) is 5.25. The van der Waals surface area contributed by atoms with Crippen LogP contribution in [0.15, 0.2) is 43.0 Å². The fourth-order valence-electron chi connectivity index (χ4n) is 1.89. The molecule has 78 valence electrons. The molecule has 15 heavy (non-hydrogen) atoms. The predicted octanol–water partition coefficient (Wildman–Crippen LogP) is 3.68. The van der Waals surface area contributed by atoms with Crippen LogP contribution in [0.4, 0.5) is 0 Å². The van der Waals surface area contributed by atoms with Crippen molar-refractivity contribution in [1.29, 1.82) is 5.26 Å². The minimum absolute atomic E-state index is 0.280. The van der Waals surface area contributed by atoms with E-state index in [-0.39, 0.29) is 5.92 Å². The Morgan fingerprint density at radius 3 is 2.40 bits per heavy atom. The van der Waals surface area contributed by atoms with Crippen LogP contribution in [-0.2, 0) is 5.41 Å². The molecular formula is C14H17N. The molecule has 1 rings (SSSR count). The molecule has 0 aliphatic rings. The maximum Gasteiger partial charge on any atom is 0.0879 e. The second-order valence-electron chi connectivity index (χ2n) is 4.10. The zero-order valence-corrected chi connectivity index (χ0v) is 9.40. The SMILES string of the molecule is C=CCC(C#N)(c1ccccc1)C(C)C. The minimum atomic E-state index is -0.428. The van der Waals surface area contributed by atoms with Gasteiger partial charge in [0.2, 0.25) is 0 Å². The molecule has 0 spiro atoms. The third-order valence-electron chi connectivity index (χ3n) is 2.94. The van der Waals surface area contributed by atoms with Gasteiger partial charge >= 0.3 is 0 Å². The zero-order chi connectivity index (χ0) is 11.3. The molecule has 0 amide bonds. The molecule has 1 unspecified atom stereocenters. The summed E-state index contributed by atoms with van der Waals surface area (Å²) < 4.78 is 0. The average Bonchev–Trinajstić information content (AvgIpc) is 2.26. The monoisotopic (exact) mass is 199 g/mol. The highest BCUT2D eigenvalue weighted by atomic mass is 14.4. The van der Waals surface area contributed by atoms with Crippen LogP contribution in [0.25, 0.3) is 0 Å². The van der Waals surface area contributed by atoms with Crippen LogP contribution in [0.1, 0.15) is 25.8 Å². The second kappa shape index (κ2) is 4.79. The quantitative estimate of drug-likeness (QED) is 0.678. The summed E-state index contributed by atoms with van der Waals surface area (Å²) >= 11 is 0. The first-order valence-electron chi connectivity index (χ1n) is 5.25. The first-order chi connectivity index (χ1) is 7.17. The highest BCUT2D eigenvalue weighted by molar-refractivity contribution is 5.34. The lowest BCUT2D eigenvalue weighted by Crippen LogP contribution is -2.29. The Balaban J connectivity index is 3.23. The summed E-state index contributed by atoms with van der Waals surface area (Å²) in [7, 11) is 0. The van der Waals surface area contributed by atoms with Crippen LogP contribution in [0, 0.1) is 17.2 Å². The van der Waals surface area contributed by atoms with Crippen molar-refractivity contribution in [3.63, 3.8) is 0 Å². The van der Waals surface area contributed by atoms with Gasteiger partial charge in [0.15, 0.2) is 0 Å². The van der Waals surface area contributed by atoms with Crippen LogP contribution < -0.4 is 0 Å². The highest BCUT2D eigenvalue weighted by Crippen LogP contribution is 2.35. The summed E-state index contributed by atoms with van der Waals surface area (Å²) in [5, 5.41) is 9.43. The molecule has 1 heteroatoms. The van der Waals surface area contributed by atoms with Crippen molar-refractivity contribution in [2.24, 2.45) is 5.92 Å². The van der Waals surface area contributed by atoms with Crippen LogP contribution in [0.2, 0.25) is 0 Å². The molecule has 1 aromatic carbocycles. The van der Waals surface area contributed by atoms with Crippen molar-refractivity contribution in [3.8, 4) is 6.07 Å². The van der Waals surface area contributed by atoms with E-state index in [1.165, 1.54) is 0 Å². The Bertz CT molecular complexity index is 359. The van der Waals surface area contributed by atoms with E-state index in [2.05, 4.69) is 26.5 Å². The molecule has 0 aliphatic carbocycles. The lowest BCUT2D eigenvalue weighted by Gasteiger charge is -2.30. The number of rotatable bonds is 4. The van der Waals surface area contributed by atoms with Crippen molar-refractivity contribution in [1.82, 2.24) is 0 Å². The summed E-state index contributed by atoms with van der Waals surface area (Å²) in [4.78, 5) is 0. The van der Waals surface area contributed by atoms with Crippen molar-refractivity contribution in [2.45, 2.75) is 25.7 Å². The van der Waals surface area contributed by atoms with Gasteiger partial charge in [-0.1, -0.05) is 50.3 Å². The van der Waals surface area contributed by atoms with E-state index in [9.17, 15) is 5.26 Å². The van der Waals surface area contributed by atoms with Crippen LogP contribution in [-0.4, -0.2) is 0 Å². The third kappa shape index (κ3) is 2.10. The molecule has 0 aliphatic heterocycles. The molecule has 0 saturated carbocycles. The fourth-order valence-corrected chi connectivity index (χ4v) is 1.89. The molecule has 0 radical (unpaired) electrons. The Kier molecular flexibility index (Phi) is 3.68. The Morgan fingerprint density at radius 2 is 2.00 bits per heavy atom. The van der Waals surface area contributed by atoms with E-state index >= 15 is 0 Å². The Hall–Kier alpha value is -1.55. The normalized spacial score (nSPS) is 14.3. The molecule has 1 atom stereocenters. The summed E-state index contributed by atoms with van der Waals surface area (Å²) in [6, 6.07) is 12.4. The van der Waals surface area contributed by atoms with Crippen LogP contribution >= 0.6 is 0 Å². The van der Waals surface area contributed by atoms with E-state index in [0.717, 1.165) is 5.56 Å². The van der Waals surface area contributed by atoms with Gasteiger partial charge in [-0.15, -0.1) is 6.58 Å². The van der Waals surface area contributed by atoms with Crippen molar-refractivity contribution in [2.75, 3.05) is 0 Å². The first kappa shape index (κ1) is 11.5. The van der Waals surface area contributed by atoms with Crippen molar-refractivity contribution >= 4 is 0 Å². The summed E-state index contributed by atoms with van der Waals surface area (Å²) in [5.41, 5.74) is 0.658. The summed E-state index contributed by atoms with van der Waals surface area (Å²) in [6.45, 7) is 7.92. The number of hydrogen-bond donors (Lipinski definition) is 0. The summed E-state index contributed by atoms with van der Waals surface area (Å²) in [6.07, 6.45) is 2.53. The van der Waals surface area contributed by atoms with E-state index < -0.39 is 5.41 Å². The molecule has 0 bridgehead atoms. The topological polar surface area (TPSA) is 23.8 Å². The maximum absolute atomic E-state index is 9.43. The Labute approximate surface area is 92.1 Å². The van der Waals surface area contributed by atoms with Crippen LogP contribution in [0.3, 0.4) is 0 Å². The van der Waals surface area contributed by atoms with E-state index in [1.54, 1.807) is 0 Å². The second-order valence-corrected chi connectivity index (χ2v) is 4.10. The molecule has 0 aromatic heterocycles. The molecule has 0 N–H and O–H groups in total. The number of nitriles is 1. The molecule has 0 fully saturated rings. The van der Waals surface area contributed by atoms with Crippen molar-refractivity contribution < 1.29 is 0 Å². The average molecular weight is 199 g/mol. The standard InChI is InChI=1S/C14H17N/c1-4-10-14(11-15,12(2)3)13-8-6-5-7-9-13/h4-9,12H,1,10H2,2-3H3. The molecule has 1 nitrogen and oxygen atoms in total. The van der Waals surface area contributed by atoms with Gasteiger partial charge in [-0.25, -0.2) is 0 Å². The molecule has 0 saturated heterocycles. The highest BCUT2D eigenvalue weighted by Gasteiger charge is 2.34. The van der Waals surface area contributed by atoms with Gasteiger partial charge in [0.1, 0.15) is 0 Å². The van der Waals surface area contributed by atoms with Crippen LogP contribution in [0.5, 0.6) is 0 Å². The van der Waals surface area contributed by atoms with E-state index in [4.69, 9.17) is 0 Å².